The Morgan fingerprint density at radius 2 is 1.54 bits per heavy atom. The van der Waals surface area contributed by atoms with Crippen LogP contribution >= 0.6 is 0 Å². The van der Waals surface area contributed by atoms with Crippen molar-refractivity contribution in [1.29, 1.82) is 0 Å². The van der Waals surface area contributed by atoms with Crippen LogP contribution in [0, 0.1) is 20.8 Å². The molecule has 0 radical (unpaired) electrons. The summed E-state index contributed by atoms with van der Waals surface area (Å²) in [6.07, 6.45) is 0. The first-order valence-corrected chi connectivity index (χ1v) is 11.1. The molecule has 0 N–H and O–H groups in total. The quantitative estimate of drug-likeness (QED) is 0.300. The molecule has 0 spiro atoms. The van der Waals surface area contributed by atoms with Crippen LogP contribution in [0.2, 0.25) is 0 Å². The summed E-state index contributed by atoms with van der Waals surface area (Å²) in [5, 5.41) is 0. The van der Waals surface area contributed by atoms with Crippen molar-refractivity contribution in [3.05, 3.63) is 99.2 Å². The Bertz CT molecular complexity index is 1470. The van der Waals surface area contributed by atoms with E-state index in [2.05, 4.69) is 0 Å². The molecule has 0 aliphatic carbocycles. The first kappa shape index (κ1) is 23.8. The van der Waals surface area contributed by atoms with Gasteiger partial charge >= 0.3 is 5.97 Å². The molecule has 0 aliphatic heterocycles. The number of Topliss-reactive ketones (excluding diaryl/α,β-unsaturated/α-hetero) is 1. The number of carbonyl (C=O) groups excluding carboxylic acids is 2. The molecule has 35 heavy (non-hydrogen) atoms. The van der Waals surface area contributed by atoms with Crippen LogP contribution in [-0.4, -0.2) is 39.4 Å². The lowest BCUT2D eigenvalue weighted by Crippen LogP contribution is -2.22. The molecule has 0 atom stereocenters. The summed E-state index contributed by atoms with van der Waals surface area (Å²) < 4.78 is 15.6. The number of carbonyl (C=O) groups is 2. The second-order valence-electron chi connectivity index (χ2n) is 8.23. The number of aromatic nitrogens is 3. The predicted molar refractivity (Wildman–Crippen MR) is 132 cm³/mol. The number of para-hydroxylation sites is 2. The van der Waals surface area contributed by atoms with Crippen molar-refractivity contribution < 1.29 is 19.1 Å². The van der Waals surface area contributed by atoms with Crippen molar-refractivity contribution in [3.8, 4) is 17.1 Å². The SMILES string of the molecule is COc1ccccc1C(=O)OCC(=O)c1cc(C)n(-c2c(C)n(C)n(-c3ccccc3)c2=O)c1C. The van der Waals surface area contributed by atoms with Gasteiger partial charge in [-0.1, -0.05) is 30.3 Å². The molecule has 8 heteroatoms. The minimum atomic E-state index is -0.644. The predicted octanol–water partition coefficient (Wildman–Crippen LogP) is 3.94. The number of aryl methyl sites for hydroxylation is 1. The smallest absolute Gasteiger partial charge is 0.342 e. The van der Waals surface area contributed by atoms with Crippen LogP contribution in [0.5, 0.6) is 5.75 Å². The maximum Gasteiger partial charge on any atom is 0.342 e. The number of ether oxygens (including phenoxy) is 2. The van der Waals surface area contributed by atoms with E-state index < -0.39 is 12.6 Å². The summed E-state index contributed by atoms with van der Waals surface area (Å²) in [4.78, 5) is 39.0. The van der Waals surface area contributed by atoms with Gasteiger partial charge < -0.3 is 14.0 Å². The maximum absolute atomic E-state index is 13.5. The number of hydrogen-bond acceptors (Lipinski definition) is 5. The Morgan fingerprint density at radius 1 is 0.886 bits per heavy atom. The summed E-state index contributed by atoms with van der Waals surface area (Å²) in [6, 6.07) is 17.8. The Kier molecular flexibility index (Phi) is 6.46. The summed E-state index contributed by atoms with van der Waals surface area (Å²) in [5.41, 5.74) is 3.74. The zero-order valence-electron chi connectivity index (χ0n) is 20.4. The summed E-state index contributed by atoms with van der Waals surface area (Å²) in [6.45, 7) is 5.05. The molecule has 0 saturated carbocycles. The molecule has 0 unspecified atom stereocenters. The second-order valence-corrected chi connectivity index (χ2v) is 8.23. The van der Waals surface area contributed by atoms with Gasteiger partial charge in [-0.15, -0.1) is 0 Å². The Hall–Kier alpha value is -4.33. The third-order valence-corrected chi connectivity index (χ3v) is 6.14. The molecule has 4 rings (SSSR count). The zero-order valence-corrected chi connectivity index (χ0v) is 20.4. The van der Waals surface area contributed by atoms with Gasteiger partial charge in [-0.2, -0.15) is 0 Å². The molecule has 8 nitrogen and oxygen atoms in total. The molecule has 0 saturated heterocycles. The molecule has 0 amide bonds. The molecule has 2 heterocycles. The van der Waals surface area contributed by atoms with Gasteiger partial charge in [-0.25, -0.2) is 9.48 Å². The van der Waals surface area contributed by atoms with E-state index in [1.54, 1.807) is 51.2 Å². The normalized spacial score (nSPS) is 10.9. The molecule has 4 aromatic rings. The van der Waals surface area contributed by atoms with E-state index in [9.17, 15) is 14.4 Å². The third kappa shape index (κ3) is 4.19. The largest absolute Gasteiger partial charge is 0.496 e. The van der Waals surface area contributed by atoms with Crippen molar-refractivity contribution in [2.24, 2.45) is 7.05 Å². The molecule has 0 fully saturated rings. The van der Waals surface area contributed by atoms with E-state index in [0.29, 0.717) is 22.7 Å². The number of benzene rings is 2. The van der Waals surface area contributed by atoms with Crippen molar-refractivity contribution in [3.63, 3.8) is 0 Å². The van der Waals surface area contributed by atoms with Crippen molar-refractivity contribution in [1.82, 2.24) is 13.9 Å². The van der Waals surface area contributed by atoms with Crippen LogP contribution in [0.1, 0.15) is 37.8 Å². The number of nitrogens with zero attached hydrogens (tertiary/aromatic N) is 3. The van der Waals surface area contributed by atoms with Crippen LogP contribution in [0.4, 0.5) is 0 Å². The molecular weight excluding hydrogens is 446 g/mol. The summed E-state index contributed by atoms with van der Waals surface area (Å²) >= 11 is 0. The standard InChI is InChI=1S/C27H27N3O5/c1-17-15-22(23(31)16-35-27(33)21-13-9-10-14-24(21)34-5)18(2)29(17)25-19(3)28(4)30(26(25)32)20-11-7-6-8-12-20/h6-15H,16H2,1-5H3. The van der Waals surface area contributed by atoms with Gasteiger partial charge in [0.05, 0.1) is 18.5 Å². The first-order valence-electron chi connectivity index (χ1n) is 11.1. The molecule has 0 bridgehead atoms. The topological polar surface area (TPSA) is 84.5 Å². The molecule has 0 aliphatic rings. The fourth-order valence-corrected chi connectivity index (χ4v) is 4.30. The highest BCUT2D eigenvalue weighted by molar-refractivity contribution is 6.01. The molecule has 2 aromatic carbocycles. The van der Waals surface area contributed by atoms with E-state index in [1.165, 1.54) is 7.11 Å². The van der Waals surface area contributed by atoms with Crippen LogP contribution in [0.25, 0.3) is 11.4 Å². The third-order valence-electron chi connectivity index (χ3n) is 6.14. The van der Waals surface area contributed by atoms with E-state index in [4.69, 9.17) is 9.47 Å². The number of hydrogen-bond donors (Lipinski definition) is 0. The lowest BCUT2D eigenvalue weighted by atomic mass is 10.1. The minimum Gasteiger partial charge on any atom is -0.496 e. The van der Waals surface area contributed by atoms with Gasteiger partial charge in [0.25, 0.3) is 5.56 Å². The molecular formula is C27H27N3O5. The van der Waals surface area contributed by atoms with Gasteiger partial charge in [0.15, 0.2) is 6.61 Å². The van der Waals surface area contributed by atoms with E-state index in [-0.39, 0.29) is 16.9 Å². The van der Waals surface area contributed by atoms with Gasteiger partial charge in [-0.05, 0) is 51.1 Å². The lowest BCUT2D eigenvalue weighted by Gasteiger charge is -2.09. The fourth-order valence-electron chi connectivity index (χ4n) is 4.30. The number of methoxy groups -OCH3 is 1. The average molecular weight is 474 g/mol. The Balaban J connectivity index is 1.65. The zero-order chi connectivity index (χ0) is 25.3. The van der Waals surface area contributed by atoms with Gasteiger partial charge in [0.1, 0.15) is 17.0 Å². The molecule has 2 aromatic heterocycles. The van der Waals surface area contributed by atoms with Crippen LogP contribution < -0.4 is 10.3 Å². The second kappa shape index (κ2) is 9.50. The van der Waals surface area contributed by atoms with E-state index in [1.807, 2.05) is 51.2 Å². The van der Waals surface area contributed by atoms with E-state index >= 15 is 0 Å². The Labute approximate surface area is 202 Å². The number of ketones is 1. The van der Waals surface area contributed by atoms with Crippen LogP contribution in [0.3, 0.4) is 0 Å². The van der Waals surface area contributed by atoms with Gasteiger partial charge in [-0.3, -0.25) is 14.3 Å². The Morgan fingerprint density at radius 3 is 2.23 bits per heavy atom. The highest BCUT2D eigenvalue weighted by Gasteiger charge is 2.24. The minimum absolute atomic E-state index is 0.195. The lowest BCUT2D eigenvalue weighted by molar-refractivity contribution is 0.0471. The number of esters is 1. The molecule has 180 valence electrons. The van der Waals surface area contributed by atoms with Crippen LogP contribution in [-0.2, 0) is 11.8 Å². The van der Waals surface area contributed by atoms with Crippen molar-refractivity contribution in [2.75, 3.05) is 13.7 Å². The van der Waals surface area contributed by atoms with Gasteiger partial charge in [0, 0.05) is 24.0 Å². The highest BCUT2D eigenvalue weighted by atomic mass is 16.5. The number of rotatable bonds is 7. The van der Waals surface area contributed by atoms with Crippen LogP contribution in [0.15, 0.2) is 65.5 Å². The van der Waals surface area contributed by atoms with Gasteiger partial charge in [0.2, 0.25) is 5.78 Å². The van der Waals surface area contributed by atoms with Crippen molar-refractivity contribution >= 4 is 11.8 Å². The van der Waals surface area contributed by atoms with E-state index in [0.717, 1.165) is 17.1 Å². The monoisotopic (exact) mass is 473 g/mol. The van der Waals surface area contributed by atoms with Crippen molar-refractivity contribution in [2.45, 2.75) is 20.8 Å². The maximum atomic E-state index is 13.5. The first-order chi connectivity index (χ1) is 16.8. The highest BCUT2D eigenvalue weighted by Crippen LogP contribution is 2.23. The summed E-state index contributed by atoms with van der Waals surface area (Å²) in [5.74, 6) is -0.629. The summed E-state index contributed by atoms with van der Waals surface area (Å²) in [7, 11) is 3.29. The fraction of sp³-hybridized carbons (Fsp3) is 0.222. The average Bonchev–Trinajstić information content (AvgIpc) is 3.28.